The number of fused-ring (bicyclic) bond motifs is 7. The van der Waals surface area contributed by atoms with Gasteiger partial charge in [-0.25, -0.2) is 54.8 Å². The van der Waals surface area contributed by atoms with Crippen molar-refractivity contribution in [3.05, 3.63) is 419 Å². The lowest BCUT2D eigenvalue weighted by atomic mass is 9.33. The van der Waals surface area contributed by atoms with Crippen molar-refractivity contribution < 1.29 is 0 Å². The van der Waals surface area contributed by atoms with Crippen LogP contribution in [-0.4, -0.2) is 66.1 Å². The zero-order valence-electron chi connectivity index (χ0n) is 66.7. The molecule has 0 fully saturated rings. The maximum atomic E-state index is 5.91. The molecule has 0 amide bonds. The Morgan fingerprint density at radius 2 is 0.476 bits per heavy atom. The minimum absolute atomic E-state index is 0.0545. The van der Waals surface area contributed by atoms with E-state index in [4.69, 9.17) is 54.8 Å². The van der Waals surface area contributed by atoms with Crippen molar-refractivity contribution in [1.82, 2.24) is 59.4 Å². The van der Waals surface area contributed by atoms with E-state index in [1.165, 1.54) is 16.4 Å². The van der Waals surface area contributed by atoms with Gasteiger partial charge < -0.3 is 14.4 Å². The summed E-state index contributed by atoms with van der Waals surface area (Å²) < 4.78 is 2.35. The molecule has 2 aliphatic heterocycles. The summed E-state index contributed by atoms with van der Waals surface area (Å²) in [5.41, 5.74) is 26.3. The number of anilines is 6. The van der Waals surface area contributed by atoms with Crippen molar-refractivity contribution in [1.29, 1.82) is 0 Å². The van der Waals surface area contributed by atoms with Gasteiger partial charge in [0.05, 0.1) is 28.1 Å². The van der Waals surface area contributed by atoms with Gasteiger partial charge in [-0.15, -0.1) is 0 Å². The van der Waals surface area contributed by atoms with Crippen molar-refractivity contribution in [3.8, 4) is 153 Å². The van der Waals surface area contributed by atoms with Crippen LogP contribution in [0.25, 0.3) is 175 Å². The Labute approximate surface area is 715 Å². The average Bonchev–Trinajstić information content (AvgIpc) is 0.869. The van der Waals surface area contributed by atoms with E-state index in [-0.39, 0.29) is 6.71 Å². The Bertz CT molecular complexity index is 7200. The van der Waals surface area contributed by atoms with Crippen LogP contribution in [0.2, 0.25) is 0 Å². The highest BCUT2D eigenvalue weighted by Gasteiger charge is 2.44. The first-order valence-corrected chi connectivity index (χ1v) is 41.4. The topological polar surface area (TPSA) is 153 Å². The average molecular weight is 1590 g/mol. The SMILES string of the molecule is c1ccc(-c2cc(-c3cc(-c4nc(-c5ccccc5)nc(-c5ccccc5)n4)ccc3-n3c4ccc(-c5nc(-c6ccccc6)nc(-c6ccccc6)n5)cc4c4cc(-c5nc(-c6ccccc6)nc(-c6ccccc6)n5)ccc43)nc(-c3cccc(-c4cc5c6c(c4)N(c4ccccc4)c4ccccc4B6c4ccccc4N5c4ccccc4)c3)n2)cc1. The highest BCUT2D eigenvalue weighted by molar-refractivity contribution is 7.00. The van der Waals surface area contributed by atoms with Gasteiger partial charge in [-0.1, -0.05) is 303 Å². The molecular weight excluding hydrogens is 1520 g/mol. The van der Waals surface area contributed by atoms with E-state index in [0.717, 1.165) is 145 Å². The Morgan fingerprint density at radius 3 is 0.871 bits per heavy atom. The predicted molar refractivity (Wildman–Crippen MR) is 501 cm³/mol. The fraction of sp³-hybridized carbons (Fsp3) is 0. The highest BCUT2D eigenvalue weighted by atomic mass is 15.2. The number of para-hydroxylation sites is 4. The van der Waals surface area contributed by atoms with Crippen LogP contribution in [0.15, 0.2) is 419 Å². The van der Waals surface area contributed by atoms with Crippen molar-refractivity contribution in [2.45, 2.75) is 0 Å². The van der Waals surface area contributed by atoms with Crippen LogP contribution in [0.3, 0.4) is 0 Å². The number of aromatic nitrogens is 12. The van der Waals surface area contributed by atoms with E-state index >= 15 is 0 Å². The van der Waals surface area contributed by atoms with Crippen molar-refractivity contribution >= 4 is 79.0 Å². The zero-order chi connectivity index (χ0) is 82.0. The van der Waals surface area contributed by atoms with Crippen LogP contribution < -0.4 is 26.2 Å². The Kier molecular flexibility index (Phi) is 18.0. The molecule has 0 unspecified atom stereocenters. The summed E-state index contributed by atoms with van der Waals surface area (Å²) in [6.45, 7) is -0.0545. The van der Waals surface area contributed by atoms with Crippen LogP contribution in [0.5, 0.6) is 0 Å². The highest BCUT2D eigenvalue weighted by Crippen LogP contribution is 2.48. The first-order chi connectivity index (χ1) is 61.4. The van der Waals surface area contributed by atoms with Gasteiger partial charge in [0.15, 0.2) is 58.2 Å². The molecule has 0 saturated carbocycles. The molecule has 5 aromatic heterocycles. The van der Waals surface area contributed by atoms with Gasteiger partial charge in [0.25, 0.3) is 6.71 Å². The number of hydrogen-bond donors (Lipinski definition) is 0. The molecule has 0 aliphatic carbocycles. The van der Waals surface area contributed by atoms with E-state index in [1.807, 2.05) is 188 Å². The van der Waals surface area contributed by atoms with Gasteiger partial charge in [0, 0.05) is 112 Å². The predicted octanol–water partition coefficient (Wildman–Crippen LogP) is 23.9. The quantitative estimate of drug-likeness (QED) is 0.0844. The lowest BCUT2D eigenvalue weighted by Gasteiger charge is -2.44. The van der Waals surface area contributed by atoms with Crippen LogP contribution in [0, 0.1) is 0 Å². The summed E-state index contributed by atoms with van der Waals surface area (Å²) in [5, 5.41) is 1.82. The number of benzene rings is 16. The van der Waals surface area contributed by atoms with Gasteiger partial charge >= 0.3 is 0 Å². The lowest BCUT2D eigenvalue weighted by molar-refractivity contribution is 1.07. The molecule has 21 aromatic rings. The molecule has 0 spiro atoms. The van der Waals surface area contributed by atoms with Crippen LogP contribution >= 0.6 is 0 Å². The van der Waals surface area contributed by atoms with E-state index in [1.54, 1.807) is 0 Å². The van der Waals surface area contributed by atoms with Gasteiger partial charge in [-0.3, -0.25) is 0 Å². The standard InChI is InChI=1S/C109H69BN14/c1-10-33-70(34-11-1)90-69-91(112-106(111-90)78-48-32-47-77(63-78)82-67-97-99-98(68-82)123(84-51-26-9-27-52-84)96-56-31-29-54-89(96)110(99)88-53-28-30-55-95(88)122(97)83-49-24-8-25-50-83)87-66-81(109-120-104(75-43-20-6-21-44-75)115-105(121-109)76-45-22-7-23-46-76)59-62-94(87)124-92-60-57-79(107-116-100(71-35-12-2-13-36-71)113-101(117-107)72-37-14-3-15-38-72)64-85(92)86-65-80(58-61-93(86)124)108-118-102(73-39-16-4-17-40-73)114-103(119-108)74-41-18-5-19-42-74/h1-69H. The zero-order valence-corrected chi connectivity index (χ0v) is 66.7. The number of hydrogen-bond acceptors (Lipinski definition) is 13. The van der Waals surface area contributed by atoms with E-state index < -0.39 is 0 Å². The van der Waals surface area contributed by atoms with Gasteiger partial charge in [0.1, 0.15) is 0 Å². The molecule has 0 radical (unpaired) electrons. The molecule has 0 N–H and O–H groups in total. The molecule has 15 heteroatoms. The third-order valence-electron chi connectivity index (χ3n) is 23.3. The van der Waals surface area contributed by atoms with E-state index in [0.29, 0.717) is 63.9 Å². The van der Waals surface area contributed by atoms with Crippen LogP contribution in [0.4, 0.5) is 34.1 Å². The molecular formula is C109H69BN14. The first kappa shape index (κ1) is 72.3. The number of rotatable bonds is 16. The van der Waals surface area contributed by atoms with E-state index in [2.05, 4.69) is 245 Å². The molecule has 0 saturated heterocycles. The second-order valence-corrected chi connectivity index (χ2v) is 30.9. The minimum atomic E-state index is -0.0545. The molecule has 14 nitrogen and oxygen atoms in total. The van der Waals surface area contributed by atoms with Gasteiger partial charge in [-0.2, -0.15) is 0 Å². The Morgan fingerprint density at radius 1 is 0.177 bits per heavy atom. The summed E-state index contributed by atoms with van der Waals surface area (Å²) in [4.78, 5) is 63.9. The van der Waals surface area contributed by atoms with Gasteiger partial charge in [0.2, 0.25) is 0 Å². The van der Waals surface area contributed by atoms with E-state index in [9.17, 15) is 0 Å². The maximum Gasteiger partial charge on any atom is 0.252 e. The van der Waals surface area contributed by atoms with Gasteiger partial charge in [-0.05, 0) is 143 Å². The molecule has 578 valence electrons. The molecule has 0 bridgehead atoms. The second kappa shape index (κ2) is 30.8. The molecule has 0 atom stereocenters. The minimum Gasteiger partial charge on any atom is -0.311 e. The summed E-state index contributed by atoms with van der Waals surface area (Å²) in [6.07, 6.45) is 0. The third-order valence-corrected chi connectivity index (χ3v) is 23.3. The molecule has 124 heavy (non-hydrogen) atoms. The second-order valence-electron chi connectivity index (χ2n) is 30.9. The molecule has 23 rings (SSSR count). The maximum absolute atomic E-state index is 5.91. The summed E-state index contributed by atoms with van der Waals surface area (Å²) in [5.74, 6) is 5.30. The number of nitrogens with zero attached hydrogens (tertiary/aromatic N) is 14. The van der Waals surface area contributed by atoms with Crippen molar-refractivity contribution in [2.24, 2.45) is 0 Å². The van der Waals surface area contributed by atoms with Crippen LogP contribution in [-0.2, 0) is 0 Å². The largest absolute Gasteiger partial charge is 0.311 e. The first-order valence-electron chi connectivity index (χ1n) is 41.4. The summed E-state index contributed by atoms with van der Waals surface area (Å²) in [6, 6.07) is 145. The van der Waals surface area contributed by atoms with Crippen LogP contribution in [0.1, 0.15) is 0 Å². The smallest absolute Gasteiger partial charge is 0.252 e. The lowest BCUT2D eigenvalue weighted by Crippen LogP contribution is -2.61. The fourth-order valence-corrected chi connectivity index (χ4v) is 17.5. The van der Waals surface area contributed by atoms with Crippen molar-refractivity contribution in [3.63, 3.8) is 0 Å². The van der Waals surface area contributed by atoms with Crippen molar-refractivity contribution in [2.75, 3.05) is 9.80 Å². The summed E-state index contributed by atoms with van der Waals surface area (Å²) in [7, 11) is 0. The summed E-state index contributed by atoms with van der Waals surface area (Å²) >= 11 is 0. The Hall–Kier alpha value is -16.9. The monoisotopic (exact) mass is 1580 g/mol. The molecule has 2 aliphatic rings. The Balaban J connectivity index is 0.765. The third kappa shape index (κ3) is 13.2. The molecule has 7 heterocycles. The molecule has 16 aromatic carbocycles. The normalized spacial score (nSPS) is 12.0. The fourth-order valence-electron chi connectivity index (χ4n) is 17.5.